The molecule has 4 aliphatic carbocycles. The fraction of sp³-hybridized carbons (Fsp3) is 0.900. The molecule has 0 radical (unpaired) electrons. The van der Waals surface area contributed by atoms with E-state index in [9.17, 15) is 9.90 Å². The van der Waals surface area contributed by atoms with Gasteiger partial charge in [-0.2, -0.15) is 0 Å². The molecule has 9 atom stereocenters. The Morgan fingerprint density at radius 3 is 2.34 bits per heavy atom. The average molecular weight is 443 g/mol. The first-order valence-electron chi connectivity index (χ1n) is 13.6. The van der Waals surface area contributed by atoms with E-state index in [-0.39, 0.29) is 17.4 Å². The molecule has 2 nitrogen and oxygen atoms in total. The van der Waals surface area contributed by atoms with Gasteiger partial charge in [0.05, 0.1) is 6.10 Å². The van der Waals surface area contributed by atoms with Gasteiger partial charge in [0.1, 0.15) is 5.78 Å². The van der Waals surface area contributed by atoms with Crippen molar-refractivity contribution in [3.63, 3.8) is 0 Å². The van der Waals surface area contributed by atoms with Crippen molar-refractivity contribution in [1.82, 2.24) is 0 Å². The van der Waals surface area contributed by atoms with Crippen molar-refractivity contribution in [2.45, 2.75) is 125 Å². The fourth-order valence-electron chi connectivity index (χ4n) is 9.95. The highest BCUT2D eigenvalue weighted by atomic mass is 16.3. The van der Waals surface area contributed by atoms with E-state index in [4.69, 9.17) is 0 Å². The molecule has 0 amide bonds. The van der Waals surface area contributed by atoms with Crippen molar-refractivity contribution < 1.29 is 9.90 Å². The van der Waals surface area contributed by atoms with Gasteiger partial charge in [0.2, 0.25) is 0 Å². The van der Waals surface area contributed by atoms with Crippen LogP contribution in [0.1, 0.15) is 119 Å². The number of Topliss-reactive ketones (excluding diaryl/α,β-unsaturated/α-hetero) is 1. The molecule has 0 aliphatic heterocycles. The maximum atomic E-state index is 12.7. The zero-order valence-corrected chi connectivity index (χ0v) is 22.2. The predicted molar refractivity (Wildman–Crippen MR) is 133 cm³/mol. The Labute approximate surface area is 198 Å². The van der Waals surface area contributed by atoms with Gasteiger partial charge >= 0.3 is 0 Å². The van der Waals surface area contributed by atoms with E-state index in [1.807, 2.05) is 6.92 Å². The maximum Gasteiger partial charge on any atom is 0.136 e. The van der Waals surface area contributed by atoms with E-state index in [2.05, 4.69) is 48.1 Å². The van der Waals surface area contributed by atoms with Crippen molar-refractivity contribution in [3.8, 4) is 0 Å². The van der Waals surface area contributed by atoms with Gasteiger partial charge in [0.15, 0.2) is 0 Å². The standard InChI is InChI=1S/C30H50O2/c1-20(2)22(31)11-13-26(4)15-18-30(8)25-12-14-28(6)21(3)23(32)9-10-24(28)29(25,7)17-16-27(30,5)19-26/h21-22,24-25,31H,1,9-19H2,2-8H3/t21-,22-,24+,25-,26+,27-,28+,29-,30+/m0/s1. The predicted octanol–water partition coefficient (Wildman–Crippen LogP) is 7.74. The van der Waals surface area contributed by atoms with E-state index in [0.29, 0.717) is 33.4 Å². The molecule has 0 aromatic heterocycles. The van der Waals surface area contributed by atoms with E-state index in [1.165, 1.54) is 44.9 Å². The smallest absolute Gasteiger partial charge is 0.136 e. The molecule has 182 valence electrons. The van der Waals surface area contributed by atoms with E-state index in [0.717, 1.165) is 37.2 Å². The van der Waals surface area contributed by atoms with Gasteiger partial charge < -0.3 is 5.11 Å². The molecule has 1 N–H and O–H groups in total. The summed E-state index contributed by atoms with van der Waals surface area (Å²) in [6, 6.07) is 0. The van der Waals surface area contributed by atoms with Crippen molar-refractivity contribution in [2.75, 3.05) is 0 Å². The molecule has 4 rings (SSSR count). The summed E-state index contributed by atoms with van der Waals surface area (Å²) >= 11 is 0. The summed E-state index contributed by atoms with van der Waals surface area (Å²) in [7, 11) is 0. The van der Waals surface area contributed by atoms with Gasteiger partial charge in [-0.3, -0.25) is 4.79 Å². The number of rotatable bonds is 4. The number of hydrogen-bond acceptors (Lipinski definition) is 2. The lowest BCUT2D eigenvalue weighted by Crippen LogP contribution is -2.64. The summed E-state index contributed by atoms with van der Waals surface area (Å²) in [5.41, 5.74) is 2.57. The number of hydrogen-bond donors (Lipinski definition) is 1. The van der Waals surface area contributed by atoms with Gasteiger partial charge in [0.25, 0.3) is 0 Å². The summed E-state index contributed by atoms with van der Waals surface area (Å²) in [4.78, 5) is 12.7. The van der Waals surface area contributed by atoms with E-state index < -0.39 is 0 Å². The summed E-state index contributed by atoms with van der Waals surface area (Å²) in [5.74, 6) is 2.22. The highest BCUT2D eigenvalue weighted by Gasteiger charge is 2.67. The van der Waals surface area contributed by atoms with Crippen LogP contribution in [0.2, 0.25) is 0 Å². The number of aliphatic hydroxyl groups is 1. The molecule has 0 aromatic rings. The third-order valence-electron chi connectivity index (χ3n) is 12.5. The minimum atomic E-state index is -0.352. The van der Waals surface area contributed by atoms with Gasteiger partial charge in [0, 0.05) is 12.3 Å². The summed E-state index contributed by atoms with van der Waals surface area (Å²) < 4.78 is 0. The van der Waals surface area contributed by atoms with Gasteiger partial charge in [-0.25, -0.2) is 0 Å². The first kappa shape index (κ1) is 24.5. The SMILES string of the molecule is C=C(C)[C@@H](O)CC[C@]1(C)CC[C@]2(C)[C@H]3CC[C@@]4(C)[C@@H](CCC(=O)[C@@H]4C)[C@]3(C)CC[C@@]2(C)C1. The molecular weight excluding hydrogens is 392 g/mol. The zero-order chi connectivity index (χ0) is 23.7. The maximum absolute atomic E-state index is 12.7. The van der Waals surface area contributed by atoms with Crippen LogP contribution in [0, 0.1) is 44.8 Å². The Hall–Kier alpha value is -0.630. The number of aliphatic hydroxyl groups excluding tert-OH is 1. The highest BCUT2D eigenvalue weighted by molar-refractivity contribution is 5.82. The Bertz CT molecular complexity index is 786. The first-order valence-corrected chi connectivity index (χ1v) is 13.6. The van der Waals surface area contributed by atoms with Crippen LogP contribution in [0.4, 0.5) is 0 Å². The Kier molecular flexibility index (Phi) is 5.89. The minimum absolute atomic E-state index is 0.201. The topological polar surface area (TPSA) is 37.3 Å². The van der Waals surface area contributed by atoms with Crippen LogP contribution in [0.25, 0.3) is 0 Å². The van der Waals surface area contributed by atoms with Crippen LogP contribution in [0.3, 0.4) is 0 Å². The minimum Gasteiger partial charge on any atom is -0.389 e. The quantitative estimate of drug-likeness (QED) is 0.452. The van der Waals surface area contributed by atoms with Crippen LogP contribution in [0.15, 0.2) is 12.2 Å². The molecule has 0 spiro atoms. The van der Waals surface area contributed by atoms with E-state index in [1.54, 1.807) is 0 Å². The molecule has 0 saturated heterocycles. The molecule has 4 aliphatic rings. The number of carbonyl (C=O) groups excluding carboxylic acids is 1. The molecule has 0 aromatic carbocycles. The lowest BCUT2D eigenvalue weighted by Gasteiger charge is -2.72. The van der Waals surface area contributed by atoms with Crippen LogP contribution < -0.4 is 0 Å². The van der Waals surface area contributed by atoms with Crippen LogP contribution in [-0.2, 0) is 4.79 Å². The summed E-state index contributed by atoms with van der Waals surface area (Å²) in [5, 5.41) is 10.4. The molecule has 0 unspecified atom stereocenters. The average Bonchev–Trinajstić information content (AvgIpc) is 2.71. The number of ketones is 1. The van der Waals surface area contributed by atoms with Crippen LogP contribution >= 0.6 is 0 Å². The molecule has 0 bridgehead atoms. The van der Waals surface area contributed by atoms with Crippen LogP contribution in [-0.4, -0.2) is 17.0 Å². The molecule has 32 heavy (non-hydrogen) atoms. The lowest BCUT2D eigenvalue weighted by molar-refractivity contribution is -0.225. The van der Waals surface area contributed by atoms with E-state index >= 15 is 0 Å². The Balaban J connectivity index is 1.59. The molecule has 0 heterocycles. The molecular formula is C30H50O2. The first-order chi connectivity index (χ1) is 14.7. The van der Waals surface area contributed by atoms with Crippen LogP contribution in [0.5, 0.6) is 0 Å². The van der Waals surface area contributed by atoms with Crippen molar-refractivity contribution in [3.05, 3.63) is 12.2 Å². The van der Waals surface area contributed by atoms with Gasteiger partial charge in [-0.1, -0.05) is 53.7 Å². The zero-order valence-electron chi connectivity index (χ0n) is 22.2. The van der Waals surface area contributed by atoms with Crippen molar-refractivity contribution in [1.29, 1.82) is 0 Å². The monoisotopic (exact) mass is 442 g/mol. The normalized spacial score (nSPS) is 51.9. The largest absolute Gasteiger partial charge is 0.389 e. The number of fused-ring (bicyclic) bond motifs is 5. The fourth-order valence-corrected chi connectivity index (χ4v) is 9.95. The molecule has 4 fully saturated rings. The number of carbonyl (C=O) groups is 1. The summed E-state index contributed by atoms with van der Waals surface area (Å²) in [6.45, 7) is 21.0. The Morgan fingerprint density at radius 2 is 1.69 bits per heavy atom. The highest BCUT2D eigenvalue weighted by Crippen LogP contribution is 2.75. The van der Waals surface area contributed by atoms with Gasteiger partial charge in [-0.05, 0) is 110 Å². The third kappa shape index (κ3) is 3.40. The molecule has 4 saturated carbocycles. The van der Waals surface area contributed by atoms with Gasteiger partial charge in [-0.15, -0.1) is 0 Å². The Morgan fingerprint density at radius 1 is 1.00 bits per heavy atom. The lowest BCUT2D eigenvalue weighted by atomic mass is 9.33. The second-order valence-corrected chi connectivity index (χ2v) is 14.2. The third-order valence-corrected chi connectivity index (χ3v) is 12.5. The van der Waals surface area contributed by atoms with Crippen molar-refractivity contribution >= 4 is 5.78 Å². The summed E-state index contributed by atoms with van der Waals surface area (Å²) in [6.07, 6.45) is 12.6. The second-order valence-electron chi connectivity index (χ2n) is 14.2. The molecule has 2 heteroatoms. The second kappa shape index (κ2) is 7.69. The van der Waals surface area contributed by atoms with Crippen molar-refractivity contribution in [2.24, 2.45) is 44.8 Å².